The van der Waals surface area contributed by atoms with Crippen LogP contribution in [0.5, 0.6) is 0 Å². The molecular formula is C16H21F2NO4. The Kier molecular flexibility index (Phi) is 6.06. The van der Waals surface area contributed by atoms with Gasteiger partial charge in [-0.05, 0) is 18.9 Å². The van der Waals surface area contributed by atoms with Crippen LogP contribution in [0.1, 0.15) is 32.8 Å². The predicted molar refractivity (Wildman–Crippen MR) is 80.2 cm³/mol. The van der Waals surface area contributed by atoms with Crippen molar-refractivity contribution in [2.24, 2.45) is 5.41 Å². The third-order valence-corrected chi connectivity index (χ3v) is 3.71. The van der Waals surface area contributed by atoms with E-state index in [1.54, 1.807) is 30.3 Å². The Hall–Kier alpha value is -2.18. The molecule has 0 heterocycles. The SMILES string of the molecule is CC(F)(F)C(C)(C)CC(NC(=O)OCc1ccccc1)C(=O)O. The number of ether oxygens (including phenoxy) is 1. The van der Waals surface area contributed by atoms with Gasteiger partial charge in [-0.25, -0.2) is 18.4 Å². The molecule has 0 saturated carbocycles. The molecule has 1 unspecified atom stereocenters. The molecule has 0 aliphatic carbocycles. The molecule has 7 heteroatoms. The number of alkyl carbamates (subject to hydrolysis) is 1. The first-order valence-corrected chi connectivity index (χ1v) is 7.11. The first-order valence-electron chi connectivity index (χ1n) is 7.11. The molecule has 5 nitrogen and oxygen atoms in total. The summed E-state index contributed by atoms with van der Waals surface area (Å²) in [6, 6.07) is 7.35. The molecule has 1 aromatic carbocycles. The van der Waals surface area contributed by atoms with E-state index in [2.05, 4.69) is 5.32 Å². The average molecular weight is 329 g/mol. The summed E-state index contributed by atoms with van der Waals surface area (Å²) in [4.78, 5) is 22.9. The minimum atomic E-state index is -3.09. The van der Waals surface area contributed by atoms with Crippen LogP contribution in [0.3, 0.4) is 0 Å². The fourth-order valence-electron chi connectivity index (χ4n) is 1.80. The van der Waals surface area contributed by atoms with E-state index in [4.69, 9.17) is 9.84 Å². The number of aliphatic carboxylic acids is 1. The zero-order valence-electron chi connectivity index (χ0n) is 13.3. The minimum absolute atomic E-state index is 0.0354. The van der Waals surface area contributed by atoms with Crippen LogP contribution in [-0.4, -0.2) is 29.1 Å². The van der Waals surface area contributed by atoms with Crippen LogP contribution >= 0.6 is 0 Å². The lowest BCUT2D eigenvalue weighted by atomic mass is 9.80. The van der Waals surface area contributed by atoms with Crippen molar-refractivity contribution < 1.29 is 28.2 Å². The zero-order chi connectivity index (χ0) is 17.7. The summed E-state index contributed by atoms with van der Waals surface area (Å²) in [7, 11) is 0. The van der Waals surface area contributed by atoms with Gasteiger partial charge in [0.2, 0.25) is 5.92 Å². The van der Waals surface area contributed by atoms with Crippen molar-refractivity contribution in [1.82, 2.24) is 5.32 Å². The Balaban J connectivity index is 2.62. The highest BCUT2D eigenvalue weighted by Gasteiger charge is 2.44. The summed E-state index contributed by atoms with van der Waals surface area (Å²) >= 11 is 0. The highest BCUT2D eigenvalue weighted by Crippen LogP contribution is 2.39. The van der Waals surface area contributed by atoms with E-state index < -0.39 is 35.9 Å². The number of amides is 1. The average Bonchev–Trinajstić information content (AvgIpc) is 2.44. The van der Waals surface area contributed by atoms with Crippen LogP contribution in [0.15, 0.2) is 30.3 Å². The van der Waals surface area contributed by atoms with Gasteiger partial charge in [0.25, 0.3) is 0 Å². The Labute approximate surface area is 133 Å². The molecule has 1 amide bonds. The number of carboxylic acids is 1. The summed E-state index contributed by atoms with van der Waals surface area (Å²) < 4.78 is 31.9. The van der Waals surface area contributed by atoms with E-state index >= 15 is 0 Å². The second-order valence-corrected chi connectivity index (χ2v) is 6.07. The van der Waals surface area contributed by atoms with Gasteiger partial charge < -0.3 is 15.2 Å². The van der Waals surface area contributed by atoms with E-state index in [0.717, 1.165) is 12.5 Å². The first-order chi connectivity index (χ1) is 10.5. The highest BCUT2D eigenvalue weighted by atomic mass is 19.3. The van der Waals surface area contributed by atoms with Crippen LogP contribution in [-0.2, 0) is 16.1 Å². The maximum atomic E-state index is 13.5. The number of carboxylic acid groups (broad SMARTS) is 1. The van der Waals surface area contributed by atoms with Crippen LogP contribution < -0.4 is 5.32 Å². The maximum absolute atomic E-state index is 13.5. The van der Waals surface area contributed by atoms with E-state index in [9.17, 15) is 18.4 Å². The van der Waals surface area contributed by atoms with Crippen molar-refractivity contribution in [1.29, 1.82) is 0 Å². The number of hydrogen-bond donors (Lipinski definition) is 2. The second kappa shape index (κ2) is 7.39. The molecule has 0 bridgehead atoms. The third kappa shape index (κ3) is 5.84. The van der Waals surface area contributed by atoms with Gasteiger partial charge in [0.15, 0.2) is 0 Å². The molecule has 0 radical (unpaired) electrons. The molecule has 0 aromatic heterocycles. The van der Waals surface area contributed by atoms with E-state index in [0.29, 0.717) is 0 Å². The quantitative estimate of drug-likeness (QED) is 0.803. The second-order valence-electron chi connectivity index (χ2n) is 6.07. The maximum Gasteiger partial charge on any atom is 0.408 e. The largest absolute Gasteiger partial charge is 0.480 e. The molecule has 128 valence electrons. The topological polar surface area (TPSA) is 75.6 Å². The van der Waals surface area contributed by atoms with Gasteiger partial charge in [0.05, 0.1) is 0 Å². The van der Waals surface area contributed by atoms with Crippen molar-refractivity contribution >= 4 is 12.1 Å². The Morgan fingerprint density at radius 2 is 1.78 bits per heavy atom. The molecule has 0 spiro atoms. The summed E-state index contributed by atoms with van der Waals surface area (Å²) in [6.07, 6.45) is -1.39. The van der Waals surface area contributed by atoms with Crippen molar-refractivity contribution in [3.8, 4) is 0 Å². The summed E-state index contributed by atoms with van der Waals surface area (Å²) in [5.74, 6) is -4.48. The normalized spacial score (nSPS) is 13.3. The van der Waals surface area contributed by atoms with Crippen LogP contribution in [0.25, 0.3) is 0 Å². The molecule has 0 saturated heterocycles. The molecule has 1 atom stereocenters. The van der Waals surface area contributed by atoms with E-state index in [1.807, 2.05) is 0 Å². The molecule has 1 aromatic rings. The highest BCUT2D eigenvalue weighted by molar-refractivity contribution is 5.79. The number of benzene rings is 1. The van der Waals surface area contributed by atoms with Crippen molar-refractivity contribution in [3.63, 3.8) is 0 Å². The molecule has 1 rings (SSSR count). The van der Waals surface area contributed by atoms with Gasteiger partial charge in [-0.15, -0.1) is 0 Å². The smallest absolute Gasteiger partial charge is 0.408 e. The van der Waals surface area contributed by atoms with Gasteiger partial charge in [-0.3, -0.25) is 0 Å². The summed E-state index contributed by atoms with van der Waals surface area (Å²) in [5.41, 5.74) is -0.863. The Morgan fingerprint density at radius 3 is 2.26 bits per heavy atom. The van der Waals surface area contributed by atoms with Crippen LogP contribution in [0, 0.1) is 5.41 Å². The van der Waals surface area contributed by atoms with E-state index in [-0.39, 0.29) is 6.61 Å². The standard InChI is InChI=1S/C16H21F2NO4/c1-15(2,16(3,17)18)9-12(13(20)21)19-14(22)23-10-11-7-5-4-6-8-11/h4-8,12H,9-10H2,1-3H3,(H,19,22)(H,20,21). The summed E-state index contributed by atoms with van der Waals surface area (Å²) in [5, 5.41) is 11.2. The lowest BCUT2D eigenvalue weighted by Gasteiger charge is -2.33. The van der Waals surface area contributed by atoms with E-state index in [1.165, 1.54) is 13.8 Å². The monoisotopic (exact) mass is 329 g/mol. The number of rotatable bonds is 7. The molecule has 23 heavy (non-hydrogen) atoms. The number of alkyl halides is 2. The van der Waals surface area contributed by atoms with Crippen LogP contribution in [0.2, 0.25) is 0 Å². The molecular weight excluding hydrogens is 308 g/mol. The van der Waals surface area contributed by atoms with Crippen LogP contribution in [0.4, 0.5) is 13.6 Å². The number of halogens is 2. The number of hydrogen-bond acceptors (Lipinski definition) is 3. The zero-order valence-corrected chi connectivity index (χ0v) is 13.3. The summed E-state index contributed by atoms with van der Waals surface area (Å²) in [6.45, 7) is 3.19. The first kappa shape index (κ1) is 18.9. The third-order valence-electron chi connectivity index (χ3n) is 3.71. The molecule has 0 aliphatic rings. The lowest BCUT2D eigenvalue weighted by Crippen LogP contribution is -2.47. The van der Waals surface area contributed by atoms with Gasteiger partial charge in [0.1, 0.15) is 12.6 Å². The van der Waals surface area contributed by atoms with Crippen molar-refractivity contribution in [2.75, 3.05) is 0 Å². The number of carbonyl (C=O) groups excluding carboxylic acids is 1. The van der Waals surface area contributed by atoms with Gasteiger partial charge in [-0.2, -0.15) is 0 Å². The van der Waals surface area contributed by atoms with Crippen molar-refractivity contribution in [3.05, 3.63) is 35.9 Å². The number of nitrogens with one attached hydrogen (secondary N) is 1. The fraction of sp³-hybridized carbons (Fsp3) is 0.500. The van der Waals surface area contributed by atoms with Gasteiger partial charge >= 0.3 is 12.1 Å². The molecule has 2 N–H and O–H groups in total. The molecule has 0 aliphatic heterocycles. The molecule has 0 fully saturated rings. The Morgan fingerprint density at radius 1 is 1.22 bits per heavy atom. The van der Waals surface area contributed by atoms with Gasteiger partial charge in [0, 0.05) is 5.41 Å². The number of carbonyl (C=O) groups is 2. The lowest BCUT2D eigenvalue weighted by molar-refractivity contribution is -0.143. The fourth-order valence-corrected chi connectivity index (χ4v) is 1.80. The predicted octanol–water partition coefficient (Wildman–Crippen LogP) is 3.44. The minimum Gasteiger partial charge on any atom is -0.480 e. The van der Waals surface area contributed by atoms with Gasteiger partial charge in [-0.1, -0.05) is 44.2 Å². The van der Waals surface area contributed by atoms with Crippen molar-refractivity contribution in [2.45, 2.75) is 45.8 Å². The Bertz CT molecular complexity index is 541.